The van der Waals surface area contributed by atoms with Crippen molar-refractivity contribution in [2.24, 2.45) is 0 Å². The van der Waals surface area contributed by atoms with Crippen LogP contribution in [-0.4, -0.2) is 64.4 Å². The van der Waals surface area contributed by atoms with Crippen LogP contribution in [0.5, 0.6) is 0 Å². The zero-order valence-electron chi connectivity index (χ0n) is 15.3. The lowest BCUT2D eigenvalue weighted by Crippen LogP contribution is -3.14. The summed E-state index contributed by atoms with van der Waals surface area (Å²) in [6.07, 6.45) is 0. The van der Waals surface area contributed by atoms with Crippen LogP contribution in [0.1, 0.15) is 11.4 Å². The lowest BCUT2D eigenvalue weighted by Gasteiger charge is -2.23. The zero-order valence-corrected chi connectivity index (χ0v) is 16.0. The number of hydrogen-bond acceptors (Lipinski definition) is 6. The van der Waals surface area contributed by atoms with Crippen molar-refractivity contribution in [1.29, 1.82) is 0 Å². The summed E-state index contributed by atoms with van der Waals surface area (Å²) < 4.78 is 7.17. The van der Waals surface area contributed by atoms with Crippen LogP contribution in [0, 0.1) is 6.92 Å². The van der Waals surface area contributed by atoms with E-state index in [0.29, 0.717) is 28.6 Å². The summed E-state index contributed by atoms with van der Waals surface area (Å²) in [4.78, 5) is 10.6. The molecule has 1 aliphatic rings. The molecule has 8 nitrogen and oxygen atoms in total. The molecular formula is C18H23ClN7O+. The fourth-order valence-corrected chi connectivity index (χ4v) is 3.45. The van der Waals surface area contributed by atoms with Gasteiger partial charge in [-0.05, 0) is 18.6 Å². The number of rotatable bonds is 6. The number of nitrogens with zero attached hydrogens (tertiary/aromatic N) is 5. The van der Waals surface area contributed by atoms with Crippen molar-refractivity contribution in [3.05, 3.63) is 40.7 Å². The molecule has 27 heavy (non-hydrogen) atoms. The van der Waals surface area contributed by atoms with Crippen LogP contribution < -0.4 is 10.2 Å². The van der Waals surface area contributed by atoms with Crippen molar-refractivity contribution in [3.8, 4) is 0 Å². The normalized spacial score (nSPS) is 15.3. The topological polar surface area (TPSA) is 82.2 Å². The Morgan fingerprint density at radius 2 is 2.04 bits per heavy atom. The number of quaternary nitrogens is 1. The van der Waals surface area contributed by atoms with Crippen LogP contribution in [0.2, 0.25) is 5.02 Å². The maximum Gasteiger partial charge on any atom is 0.184 e. The first-order valence-corrected chi connectivity index (χ1v) is 9.55. The van der Waals surface area contributed by atoms with Crippen LogP contribution in [0.4, 0.5) is 5.82 Å². The number of benzene rings is 1. The summed E-state index contributed by atoms with van der Waals surface area (Å²) >= 11 is 6.28. The average molecular weight is 389 g/mol. The van der Waals surface area contributed by atoms with Gasteiger partial charge in [0.25, 0.3) is 0 Å². The predicted molar refractivity (Wildman–Crippen MR) is 103 cm³/mol. The van der Waals surface area contributed by atoms with Crippen molar-refractivity contribution in [1.82, 2.24) is 25.0 Å². The third-order valence-electron chi connectivity index (χ3n) is 4.72. The molecule has 0 radical (unpaired) electrons. The molecule has 0 amide bonds. The van der Waals surface area contributed by atoms with E-state index < -0.39 is 0 Å². The molecule has 2 aromatic heterocycles. The Morgan fingerprint density at radius 1 is 1.22 bits per heavy atom. The molecule has 0 unspecified atom stereocenters. The molecule has 0 bridgehead atoms. The van der Waals surface area contributed by atoms with Gasteiger partial charge in [-0.3, -0.25) is 0 Å². The second-order valence-corrected chi connectivity index (χ2v) is 7.08. The number of halogens is 1. The van der Waals surface area contributed by atoms with E-state index in [1.807, 2.05) is 31.2 Å². The predicted octanol–water partition coefficient (Wildman–Crippen LogP) is 0.558. The van der Waals surface area contributed by atoms with Gasteiger partial charge in [-0.25, -0.2) is 14.6 Å². The van der Waals surface area contributed by atoms with Crippen LogP contribution in [0.3, 0.4) is 0 Å². The Hall–Kier alpha value is -2.29. The van der Waals surface area contributed by atoms with Gasteiger partial charge in [0.1, 0.15) is 18.9 Å². The van der Waals surface area contributed by atoms with E-state index in [4.69, 9.17) is 16.3 Å². The second kappa shape index (κ2) is 8.16. The molecule has 0 saturated carbocycles. The van der Waals surface area contributed by atoms with E-state index in [1.54, 1.807) is 4.68 Å². The summed E-state index contributed by atoms with van der Waals surface area (Å²) in [5.41, 5.74) is 2.38. The van der Waals surface area contributed by atoms with Crippen LogP contribution in [0.25, 0.3) is 11.2 Å². The third kappa shape index (κ3) is 4.18. The number of ether oxygens (including phenoxy) is 1. The van der Waals surface area contributed by atoms with Gasteiger partial charge < -0.3 is 15.0 Å². The van der Waals surface area contributed by atoms with Gasteiger partial charge in [-0.1, -0.05) is 35.0 Å². The third-order valence-corrected chi connectivity index (χ3v) is 5.09. The molecule has 1 aromatic carbocycles. The molecule has 0 aliphatic carbocycles. The largest absolute Gasteiger partial charge is 0.370 e. The van der Waals surface area contributed by atoms with Crippen molar-refractivity contribution in [3.63, 3.8) is 0 Å². The highest BCUT2D eigenvalue weighted by Gasteiger charge is 2.16. The van der Waals surface area contributed by atoms with E-state index in [2.05, 4.69) is 25.6 Å². The molecule has 3 heterocycles. The monoisotopic (exact) mass is 388 g/mol. The molecule has 9 heteroatoms. The number of anilines is 1. The Balaban J connectivity index is 1.52. The first-order chi connectivity index (χ1) is 13.2. The van der Waals surface area contributed by atoms with Gasteiger partial charge in [0, 0.05) is 5.02 Å². The first kappa shape index (κ1) is 18.1. The van der Waals surface area contributed by atoms with E-state index in [1.165, 1.54) is 4.90 Å². The molecular weight excluding hydrogens is 366 g/mol. The Kier molecular flexibility index (Phi) is 5.47. The van der Waals surface area contributed by atoms with Crippen molar-refractivity contribution in [2.45, 2.75) is 13.5 Å². The fourth-order valence-electron chi connectivity index (χ4n) is 3.25. The van der Waals surface area contributed by atoms with Crippen molar-refractivity contribution >= 4 is 28.6 Å². The minimum absolute atomic E-state index is 0.518. The van der Waals surface area contributed by atoms with Gasteiger partial charge in [-0.2, -0.15) is 0 Å². The second-order valence-electron chi connectivity index (χ2n) is 6.67. The standard InChI is InChI=1S/C18H22ClN7O/c1-13-21-17(20-6-7-25-8-10-27-11-9-25)16-18(22-13)26(24-23-16)12-14-4-2-3-5-15(14)19/h2-5H,6-12H2,1H3,(H,20,21,22)/p+1. The molecule has 2 N–H and O–H groups in total. The number of fused-ring (bicyclic) bond motifs is 1. The Labute approximate surface area is 162 Å². The van der Waals surface area contributed by atoms with E-state index in [-0.39, 0.29) is 0 Å². The van der Waals surface area contributed by atoms with Crippen molar-refractivity contribution < 1.29 is 9.64 Å². The summed E-state index contributed by atoms with van der Waals surface area (Å²) in [5.74, 6) is 1.42. The highest BCUT2D eigenvalue weighted by molar-refractivity contribution is 6.31. The van der Waals surface area contributed by atoms with Crippen LogP contribution in [-0.2, 0) is 11.3 Å². The summed E-state index contributed by atoms with van der Waals surface area (Å²) in [7, 11) is 0. The van der Waals surface area contributed by atoms with Crippen LogP contribution >= 0.6 is 11.6 Å². The fraction of sp³-hybridized carbons (Fsp3) is 0.444. The number of nitrogens with one attached hydrogen (secondary N) is 2. The molecule has 0 spiro atoms. The SMILES string of the molecule is Cc1nc(NCC[NH+]2CCOCC2)c2nnn(Cc3ccccc3Cl)c2n1. The van der Waals surface area contributed by atoms with Gasteiger partial charge >= 0.3 is 0 Å². The quantitative estimate of drug-likeness (QED) is 0.642. The van der Waals surface area contributed by atoms with Crippen LogP contribution in [0.15, 0.2) is 24.3 Å². The van der Waals surface area contributed by atoms with E-state index >= 15 is 0 Å². The van der Waals surface area contributed by atoms with E-state index in [0.717, 1.165) is 50.8 Å². The summed E-state index contributed by atoms with van der Waals surface area (Å²) in [6.45, 7) is 8.00. The molecule has 1 saturated heterocycles. The smallest absolute Gasteiger partial charge is 0.184 e. The summed E-state index contributed by atoms with van der Waals surface area (Å²) in [6, 6.07) is 7.73. The summed E-state index contributed by atoms with van der Waals surface area (Å²) in [5, 5.41) is 12.7. The number of aryl methyl sites for hydroxylation is 1. The van der Waals surface area contributed by atoms with Crippen molar-refractivity contribution in [2.75, 3.05) is 44.7 Å². The lowest BCUT2D eigenvalue weighted by molar-refractivity contribution is -0.906. The molecule has 0 atom stereocenters. The number of hydrogen-bond donors (Lipinski definition) is 2. The highest BCUT2D eigenvalue weighted by Crippen LogP contribution is 2.20. The zero-order chi connectivity index (χ0) is 18.6. The Bertz CT molecular complexity index is 923. The molecule has 1 aliphatic heterocycles. The van der Waals surface area contributed by atoms with E-state index in [9.17, 15) is 0 Å². The molecule has 3 aromatic rings. The highest BCUT2D eigenvalue weighted by atomic mass is 35.5. The maximum absolute atomic E-state index is 6.28. The molecule has 142 valence electrons. The Morgan fingerprint density at radius 3 is 2.85 bits per heavy atom. The van der Waals surface area contributed by atoms with Gasteiger partial charge in [-0.15, -0.1) is 5.10 Å². The molecule has 4 rings (SSSR count). The number of morpholine rings is 1. The minimum Gasteiger partial charge on any atom is -0.370 e. The van der Waals surface area contributed by atoms with Gasteiger partial charge in [0.15, 0.2) is 17.0 Å². The minimum atomic E-state index is 0.518. The maximum atomic E-state index is 6.28. The lowest BCUT2D eigenvalue weighted by atomic mass is 10.2. The van der Waals surface area contributed by atoms with Gasteiger partial charge in [0.05, 0.1) is 32.8 Å². The molecule has 1 fully saturated rings. The number of aromatic nitrogens is 5. The van der Waals surface area contributed by atoms with Gasteiger partial charge in [0.2, 0.25) is 0 Å². The average Bonchev–Trinajstić information content (AvgIpc) is 3.07. The first-order valence-electron chi connectivity index (χ1n) is 9.17.